The Bertz CT molecular complexity index is 1540. The van der Waals surface area contributed by atoms with E-state index in [9.17, 15) is 14.4 Å². The molecule has 0 aromatic rings. The lowest BCUT2D eigenvalue weighted by Gasteiger charge is -2.18. The summed E-state index contributed by atoms with van der Waals surface area (Å²) in [5.74, 6) is -0.869. The molecule has 1 atom stereocenters. The molecule has 0 amide bonds. The van der Waals surface area contributed by atoms with Crippen LogP contribution in [-0.2, 0) is 28.6 Å². The van der Waals surface area contributed by atoms with Gasteiger partial charge in [-0.25, -0.2) is 0 Å². The second-order valence-electron chi connectivity index (χ2n) is 22.3. The van der Waals surface area contributed by atoms with E-state index < -0.39 is 6.10 Å². The lowest BCUT2D eigenvalue weighted by Crippen LogP contribution is -2.30. The Morgan fingerprint density at radius 1 is 0.266 bits per heavy atom. The molecule has 6 heteroatoms. The molecule has 0 saturated carbocycles. The van der Waals surface area contributed by atoms with Crippen molar-refractivity contribution in [1.82, 2.24) is 0 Å². The minimum absolute atomic E-state index is 0.0743. The number of unbranched alkanes of at least 4 members (excludes halogenated alkanes) is 34. The summed E-state index contributed by atoms with van der Waals surface area (Å²) in [7, 11) is 0. The SMILES string of the molecule is CC/C=C\C/C=C\C/C=C\C/C=C\CCCCCCCCCCCCCCCCCCC(=O)OCC(COC(=O)CCCCCCCCC)OC(=O)CCCCCCCCCCCCCC/C=C\C/C=C\C/C=C\C/C=C\CC. The summed E-state index contributed by atoms with van der Waals surface area (Å²) in [4.78, 5) is 38.2. The van der Waals surface area contributed by atoms with Gasteiger partial charge in [0.25, 0.3) is 0 Å². The molecule has 79 heavy (non-hydrogen) atoms. The number of hydrogen-bond acceptors (Lipinski definition) is 6. The second-order valence-corrected chi connectivity index (χ2v) is 22.3. The number of carbonyl (C=O) groups excluding carboxylic acids is 3. The van der Waals surface area contributed by atoms with Crippen molar-refractivity contribution in [3.8, 4) is 0 Å². The molecule has 0 aliphatic rings. The van der Waals surface area contributed by atoms with E-state index in [1.807, 2.05) is 0 Å². The van der Waals surface area contributed by atoms with Gasteiger partial charge in [-0.15, -0.1) is 0 Å². The van der Waals surface area contributed by atoms with Crippen molar-refractivity contribution in [3.05, 3.63) is 97.2 Å². The fourth-order valence-corrected chi connectivity index (χ4v) is 9.60. The molecular weight excluding hydrogens is 973 g/mol. The highest BCUT2D eigenvalue weighted by atomic mass is 16.6. The fraction of sp³-hybridized carbons (Fsp3) is 0.740. The first kappa shape index (κ1) is 75.3. The van der Waals surface area contributed by atoms with Crippen molar-refractivity contribution in [2.45, 2.75) is 335 Å². The molecule has 0 aromatic carbocycles. The Hall–Kier alpha value is -3.67. The Kier molecular flexibility index (Phi) is 63.7. The zero-order valence-corrected chi connectivity index (χ0v) is 52.1. The molecule has 0 bridgehead atoms. The first-order valence-electron chi connectivity index (χ1n) is 33.7. The van der Waals surface area contributed by atoms with Gasteiger partial charge in [0.1, 0.15) is 13.2 Å². The lowest BCUT2D eigenvalue weighted by molar-refractivity contribution is -0.167. The van der Waals surface area contributed by atoms with Crippen molar-refractivity contribution in [2.75, 3.05) is 13.2 Å². The molecule has 0 N–H and O–H groups in total. The molecule has 0 aromatic heterocycles. The third-order valence-corrected chi connectivity index (χ3v) is 14.6. The zero-order valence-electron chi connectivity index (χ0n) is 52.1. The molecule has 6 nitrogen and oxygen atoms in total. The van der Waals surface area contributed by atoms with Crippen LogP contribution in [0.1, 0.15) is 329 Å². The molecular formula is C73H126O6. The molecule has 0 spiro atoms. The molecule has 454 valence electrons. The fourth-order valence-electron chi connectivity index (χ4n) is 9.60. The van der Waals surface area contributed by atoms with Crippen LogP contribution in [0.25, 0.3) is 0 Å². The van der Waals surface area contributed by atoms with Crippen molar-refractivity contribution in [2.24, 2.45) is 0 Å². The van der Waals surface area contributed by atoms with Crippen molar-refractivity contribution < 1.29 is 28.6 Å². The Balaban J connectivity index is 4.08. The van der Waals surface area contributed by atoms with Crippen LogP contribution in [-0.4, -0.2) is 37.2 Å². The van der Waals surface area contributed by atoms with Gasteiger partial charge in [0, 0.05) is 19.3 Å². The predicted octanol–water partition coefficient (Wildman–Crippen LogP) is 23.2. The number of ether oxygens (including phenoxy) is 3. The molecule has 0 heterocycles. The third-order valence-electron chi connectivity index (χ3n) is 14.6. The molecule has 0 radical (unpaired) electrons. The topological polar surface area (TPSA) is 78.9 Å². The summed E-state index contributed by atoms with van der Waals surface area (Å²) >= 11 is 0. The van der Waals surface area contributed by atoms with Gasteiger partial charge in [-0.1, -0.05) is 311 Å². The Labute approximate surface area is 489 Å². The van der Waals surface area contributed by atoms with Gasteiger partial charge in [-0.05, 0) is 96.3 Å². The van der Waals surface area contributed by atoms with Crippen LogP contribution in [0.5, 0.6) is 0 Å². The van der Waals surface area contributed by atoms with Gasteiger partial charge in [-0.2, -0.15) is 0 Å². The van der Waals surface area contributed by atoms with E-state index in [2.05, 4.69) is 118 Å². The van der Waals surface area contributed by atoms with Crippen LogP contribution in [0.4, 0.5) is 0 Å². The average Bonchev–Trinajstić information content (AvgIpc) is 3.45. The molecule has 0 rings (SSSR count). The predicted molar refractivity (Wildman–Crippen MR) is 344 cm³/mol. The summed E-state index contributed by atoms with van der Waals surface area (Å²) in [6.07, 6.45) is 90.3. The van der Waals surface area contributed by atoms with Crippen molar-refractivity contribution in [3.63, 3.8) is 0 Å². The number of esters is 3. The minimum Gasteiger partial charge on any atom is -0.462 e. The van der Waals surface area contributed by atoms with Crippen LogP contribution >= 0.6 is 0 Å². The van der Waals surface area contributed by atoms with E-state index >= 15 is 0 Å². The Morgan fingerprint density at radius 3 is 0.772 bits per heavy atom. The molecule has 0 aliphatic carbocycles. The maximum Gasteiger partial charge on any atom is 0.306 e. The number of carbonyl (C=O) groups is 3. The number of allylic oxidation sites excluding steroid dienone is 16. The smallest absolute Gasteiger partial charge is 0.306 e. The van der Waals surface area contributed by atoms with Crippen LogP contribution in [0, 0.1) is 0 Å². The quantitative estimate of drug-likeness (QED) is 0.0261. The highest BCUT2D eigenvalue weighted by Crippen LogP contribution is 2.17. The van der Waals surface area contributed by atoms with Crippen LogP contribution in [0.15, 0.2) is 97.2 Å². The molecule has 0 saturated heterocycles. The molecule has 1 unspecified atom stereocenters. The van der Waals surface area contributed by atoms with Gasteiger partial charge >= 0.3 is 17.9 Å². The van der Waals surface area contributed by atoms with Gasteiger partial charge in [0.2, 0.25) is 0 Å². The zero-order chi connectivity index (χ0) is 57.1. The lowest BCUT2D eigenvalue weighted by atomic mass is 10.0. The van der Waals surface area contributed by atoms with Gasteiger partial charge < -0.3 is 14.2 Å². The summed E-state index contributed by atoms with van der Waals surface area (Å²) in [6, 6.07) is 0. The normalized spacial score (nSPS) is 12.7. The standard InChI is InChI=1S/C73H126O6/c1-4-7-10-13-16-18-20-22-24-26-28-30-32-34-35-36-37-39-40-42-44-46-48-50-52-54-57-60-63-66-72(75)78-69-70(68-77-71(74)65-62-59-56-15-12-9-6-3)79-73(76)67-64-61-58-55-53-51-49-47-45-43-41-38-33-31-29-27-25-23-21-19-17-14-11-8-5-2/h7-8,10-11,16-19,22-25,28-31,70H,4-6,9,12-15,20-21,26-27,32-69H2,1-3H3/b10-7-,11-8-,18-16-,19-17-,24-22-,25-23-,30-28-,31-29-. The van der Waals surface area contributed by atoms with E-state index in [0.29, 0.717) is 19.3 Å². The maximum atomic E-state index is 12.9. The number of hydrogen-bond donors (Lipinski definition) is 0. The summed E-state index contributed by atoms with van der Waals surface area (Å²) in [5.41, 5.74) is 0. The number of rotatable bonds is 61. The summed E-state index contributed by atoms with van der Waals surface area (Å²) < 4.78 is 16.9. The van der Waals surface area contributed by atoms with Crippen molar-refractivity contribution >= 4 is 17.9 Å². The minimum atomic E-state index is -0.775. The second kappa shape index (κ2) is 66.8. The van der Waals surface area contributed by atoms with Crippen molar-refractivity contribution in [1.29, 1.82) is 0 Å². The average molecular weight is 1100 g/mol. The molecule has 0 aliphatic heterocycles. The summed E-state index contributed by atoms with van der Waals surface area (Å²) in [6.45, 7) is 6.41. The van der Waals surface area contributed by atoms with E-state index in [4.69, 9.17) is 14.2 Å². The van der Waals surface area contributed by atoms with E-state index in [1.165, 1.54) is 180 Å². The highest BCUT2D eigenvalue weighted by Gasteiger charge is 2.19. The van der Waals surface area contributed by atoms with E-state index in [1.54, 1.807) is 0 Å². The van der Waals surface area contributed by atoms with Gasteiger partial charge in [-0.3, -0.25) is 14.4 Å². The van der Waals surface area contributed by atoms with Crippen LogP contribution in [0.2, 0.25) is 0 Å². The summed E-state index contributed by atoms with van der Waals surface area (Å²) in [5, 5.41) is 0. The highest BCUT2D eigenvalue weighted by molar-refractivity contribution is 5.71. The van der Waals surface area contributed by atoms with Crippen LogP contribution < -0.4 is 0 Å². The monoisotopic (exact) mass is 1100 g/mol. The van der Waals surface area contributed by atoms with Gasteiger partial charge in [0.05, 0.1) is 0 Å². The molecule has 0 fully saturated rings. The first-order chi connectivity index (χ1) is 39.0. The third kappa shape index (κ3) is 65.0. The van der Waals surface area contributed by atoms with E-state index in [-0.39, 0.29) is 31.1 Å². The first-order valence-corrected chi connectivity index (χ1v) is 33.7. The van der Waals surface area contributed by atoms with E-state index in [0.717, 1.165) is 109 Å². The van der Waals surface area contributed by atoms with Gasteiger partial charge in [0.15, 0.2) is 6.10 Å². The van der Waals surface area contributed by atoms with Crippen LogP contribution in [0.3, 0.4) is 0 Å². The maximum absolute atomic E-state index is 12.9. The Morgan fingerprint density at radius 2 is 0.494 bits per heavy atom. The largest absolute Gasteiger partial charge is 0.462 e.